The SMILES string of the molecule is Cc1cc(Nc2nc(NC3CC4CC(CCC#N)CC(C3)N4)nc3c2cnn3C)n[nH]1. The van der Waals surface area contributed by atoms with Crippen molar-refractivity contribution in [2.75, 3.05) is 10.6 Å². The van der Waals surface area contributed by atoms with Crippen LogP contribution < -0.4 is 16.0 Å². The van der Waals surface area contributed by atoms with Crippen molar-refractivity contribution in [3.63, 3.8) is 0 Å². The molecule has 4 N–H and O–H groups in total. The zero-order valence-corrected chi connectivity index (χ0v) is 17.9. The summed E-state index contributed by atoms with van der Waals surface area (Å²) in [6.07, 6.45) is 7.81. The molecule has 2 atom stereocenters. The van der Waals surface area contributed by atoms with Crippen LogP contribution in [0.5, 0.6) is 0 Å². The molecule has 0 radical (unpaired) electrons. The van der Waals surface area contributed by atoms with E-state index in [1.54, 1.807) is 10.9 Å². The third kappa shape index (κ3) is 4.18. The lowest BCUT2D eigenvalue weighted by molar-refractivity contribution is 0.171. The van der Waals surface area contributed by atoms with Gasteiger partial charge < -0.3 is 16.0 Å². The lowest BCUT2D eigenvalue weighted by Gasteiger charge is -2.43. The Bertz CT molecular complexity index is 1100. The quantitative estimate of drug-likeness (QED) is 0.479. The van der Waals surface area contributed by atoms with Gasteiger partial charge in [0.05, 0.1) is 17.7 Å². The van der Waals surface area contributed by atoms with E-state index in [0.29, 0.717) is 48.0 Å². The van der Waals surface area contributed by atoms with Crippen molar-refractivity contribution < 1.29 is 0 Å². The third-order valence-electron chi connectivity index (χ3n) is 6.39. The van der Waals surface area contributed by atoms with Crippen molar-refractivity contribution in [2.45, 2.75) is 63.6 Å². The van der Waals surface area contributed by atoms with Gasteiger partial charge in [0.15, 0.2) is 11.5 Å². The second-order valence-corrected chi connectivity index (χ2v) is 8.87. The summed E-state index contributed by atoms with van der Waals surface area (Å²) in [4.78, 5) is 9.50. The maximum atomic E-state index is 8.90. The molecule has 5 heterocycles. The molecular formula is C21H28N10. The minimum absolute atomic E-state index is 0.319. The number of nitrogens with zero attached hydrogens (tertiary/aromatic N) is 6. The van der Waals surface area contributed by atoms with E-state index < -0.39 is 0 Å². The summed E-state index contributed by atoms with van der Waals surface area (Å²) >= 11 is 0. The highest BCUT2D eigenvalue weighted by Gasteiger charge is 2.35. The molecule has 0 amide bonds. The molecule has 2 unspecified atom stereocenters. The minimum Gasteiger partial charge on any atom is -0.351 e. The Hall–Kier alpha value is -3.19. The zero-order valence-electron chi connectivity index (χ0n) is 17.9. The van der Waals surface area contributed by atoms with E-state index in [9.17, 15) is 0 Å². The van der Waals surface area contributed by atoms with E-state index in [-0.39, 0.29) is 0 Å². The molecule has 2 fully saturated rings. The summed E-state index contributed by atoms with van der Waals surface area (Å²) in [5.74, 6) is 2.67. The van der Waals surface area contributed by atoms with E-state index in [4.69, 9.17) is 15.2 Å². The monoisotopic (exact) mass is 420 g/mol. The molecule has 3 aromatic heterocycles. The van der Waals surface area contributed by atoms with Crippen molar-refractivity contribution >= 4 is 28.6 Å². The second-order valence-electron chi connectivity index (χ2n) is 8.87. The molecule has 2 bridgehead atoms. The van der Waals surface area contributed by atoms with Crippen LogP contribution >= 0.6 is 0 Å². The summed E-state index contributed by atoms with van der Waals surface area (Å²) in [7, 11) is 1.89. The summed E-state index contributed by atoms with van der Waals surface area (Å²) in [6.45, 7) is 1.96. The lowest BCUT2D eigenvalue weighted by atomic mass is 9.77. The molecule has 10 nitrogen and oxygen atoms in total. The molecule has 2 aliphatic heterocycles. The number of piperidine rings is 2. The summed E-state index contributed by atoms with van der Waals surface area (Å²) < 4.78 is 1.76. The first kappa shape index (κ1) is 19.8. The van der Waals surface area contributed by atoms with Gasteiger partial charge in [0.2, 0.25) is 5.95 Å². The van der Waals surface area contributed by atoms with Gasteiger partial charge in [-0.1, -0.05) is 0 Å². The van der Waals surface area contributed by atoms with Gasteiger partial charge in [-0.05, 0) is 44.9 Å². The smallest absolute Gasteiger partial charge is 0.226 e. The van der Waals surface area contributed by atoms with E-state index in [2.05, 4.69) is 37.3 Å². The number of rotatable bonds is 6. The minimum atomic E-state index is 0.319. The fourth-order valence-corrected chi connectivity index (χ4v) is 5.07. The number of hydrogen-bond acceptors (Lipinski definition) is 8. The van der Waals surface area contributed by atoms with Crippen LogP contribution in [0.15, 0.2) is 12.3 Å². The Labute approximate surface area is 180 Å². The van der Waals surface area contributed by atoms with Crippen LogP contribution in [0.3, 0.4) is 0 Å². The number of nitrogens with one attached hydrogen (secondary N) is 4. The van der Waals surface area contributed by atoms with Crippen molar-refractivity contribution in [3.8, 4) is 6.07 Å². The van der Waals surface area contributed by atoms with E-state index in [1.807, 2.05) is 20.0 Å². The highest BCUT2D eigenvalue weighted by atomic mass is 15.3. The number of fused-ring (bicyclic) bond motifs is 3. The maximum Gasteiger partial charge on any atom is 0.226 e. The summed E-state index contributed by atoms with van der Waals surface area (Å²) in [5, 5.41) is 32.0. The van der Waals surface area contributed by atoms with Crippen molar-refractivity contribution in [1.29, 1.82) is 5.26 Å². The Kier molecular flexibility index (Phi) is 5.19. The Balaban J connectivity index is 1.34. The molecule has 162 valence electrons. The molecule has 0 spiro atoms. The Morgan fingerprint density at radius 3 is 2.74 bits per heavy atom. The number of anilines is 3. The topological polar surface area (TPSA) is 132 Å². The first-order valence-corrected chi connectivity index (χ1v) is 11.0. The molecule has 10 heteroatoms. The highest BCUT2D eigenvalue weighted by Crippen LogP contribution is 2.33. The van der Waals surface area contributed by atoms with Crippen LogP contribution in [0, 0.1) is 24.2 Å². The van der Waals surface area contributed by atoms with Crippen molar-refractivity contribution in [3.05, 3.63) is 18.0 Å². The third-order valence-corrected chi connectivity index (χ3v) is 6.39. The fraction of sp³-hybridized carbons (Fsp3) is 0.571. The molecule has 0 saturated carbocycles. The van der Waals surface area contributed by atoms with Gasteiger partial charge >= 0.3 is 0 Å². The van der Waals surface area contributed by atoms with E-state index in [0.717, 1.165) is 48.8 Å². The van der Waals surface area contributed by atoms with Crippen LogP contribution in [0.1, 0.15) is 44.2 Å². The van der Waals surface area contributed by atoms with Gasteiger partial charge in [-0.15, -0.1) is 0 Å². The molecule has 0 aromatic carbocycles. The predicted octanol–water partition coefficient (Wildman–Crippen LogP) is 2.75. The van der Waals surface area contributed by atoms with E-state index >= 15 is 0 Å². The molecule has 2 saturated heterocycles. The van der Waals surface area contributed by atoms with Crippen LogP contribution in [0.25, 0.3) is 11.0 Å². The van der Waals surface area contributed by atoms with Gasteiger partial charge in [-0.25, -0.2) is 0 Å². The largest absolute Gasteiger partial charge is 0.351 e. The molecule has 5 rings (SSSR count). The molecular weight excluding hydrogens is 392 g/mol. The molecule has 3 aromatic rings. The maximum absolute atomic E-state index is 8.90. The molecule has 0 aliphatic carbocycles. The lowest BCUT2D eigenvalue weighted by Crippen LogP contribution is -2.54. The summed E-state index contributed by atoms with van der Waals surface area (Å²) in [6, 6.07) is 5.52. The molecule has 2 aliphatic rings. The number of nitriles is 1. The number of aryl methyl sites for hydroxylation is 2. The number of aromatic nitrogens is 6. The van der Waals surface area contributed by atoms with Crippen LogP contribution in [0.4, 0.5) is 17.6 Å². The van der Waals surface area contributed by atoms with Crippen LogP contribution in [-0.2, 0) is 7.05 Å². The van der Waals surface area contributed by atoms with Gasteiger partial charge in [0.25, 0.3) is 0 Å². The Morgan fingerprint density at radius 2 is 2.03 bits per heavy atom. The van der Waals surface area contributed by atoms with Crippen molar-refractivity contribution in [1.82, 2.24) is 35.3 Å². The number of hydrogen-bond donors (Lipinski definition) is 4. The highest BCUT2D eigenvalue weighted by molar-refractivity contribution is 5.89. The predicted molar refractivity (Wildman–Crippen MR) is 118 cm³/mol. The van der Waals surface area contributed by atoms with Gasteiger partial charge in [0.1, 0.15) is 5.82 Å². The number of aromatic amines is 1. The second kappa shape index (κ2) is 8.15. The van der Waals surface area contributed by atoms with Crippen LogP contribution in [0.2, 0.25) is 0 Å². The van der Waals surface area contributed by atoms with E-state index in [1.165, 1.54) is 0 Å². The Morgan fingerprint density at radius 1 is 1.23 bits per heavy atom. The fourth-order valence-electron chi connectivity index (χ4n) is 5.07. The first-order valence-electron chi connectivity index (χ1n) is 11.0. The average Bonchev–Trinajstić information content (AvgIpc) is 3.31. The van der Waals surface area contributed by atoms with Crippen molar-refractivity contribution in [2.24, 2.45) is 13.0 Å². The first-order chi connectivity index (χ1) is 15.1. The average molecular weight is 421 g/mol. The van der Waals surface area contributed by atoms with Crippen LogP contribution in [-0.4, -0.2) is 48.1 Å². The normalized spacial score (nSPS) is 25.3. The van der Waals surface area contributed by atoms with Gasteiger partial charge in [-0.2, -0.15) is 25.4 Å². The van der Waals surface area contributed by atoms with Gasteiger partial charge in [0, 0.05) is 43.4 Å². The number of H-pyrrole nitrogens is 1. The standard InChI is InChI=1S/C21H28N10/c1-12-6-18(30-29-12)26-19-17-11-23-31(2)20(17)28-21(27-19)25-16-9-14-7-13(4-3-5-22)8-15(10-16)24-14/h6,11,13-16,24H,3-4,7-10H2,1-2H3,(H3,25,26,27,28,29,30). The zero-order chi connectivity index (χ0) is 21.4. The summed E-state index contributed by atoms with van der Waals surface area (Å²) in [5.41, 5.74) is 1.75. The molecule has 31 heavy (non-hydrogen) atoms. The van der Waals surface area contributed by atoms with Gasteiger partial charge in [-0.3, -0.25) is 9.78 Å².